The minimum atomic E-state index is -0.628. The summed E-state index contributed by atoms with van der Waals surface area (Å²) >= 11 is 0. The van der Waals surface area contributed by atoms with Crippen LogP contribution in [0, 0.1) is 0 Å². The van der Waals surface area contributed by atoms with Gasteiger partial charge in [-0.3, -0.25) is 14.4 Å². The number of likely N-dealkylation sites (N-methyl/N-ethyl adjacent to an activating group) is 1. The van der Waals surface area contributed by atoms with E-state index in [1.165, 1.54) is 0 Å². The van der Waals surface area contributed by atoms with E-state index in [9.17, 15) is 14.4 Å². The molecule has 0 bridgehead atoms. The molecule has 0 aliphatic carbocycles. The largest absolute Gasteiger partial charge is 0.350 e. The lowest BCUT2D eigenvalue weighted by molar-refractivity contribution is -0.142. The maximum atomic E-state index is 13.2. The third-order valence-corrected chi connectivity index (χ3v) is 6.49. The molecule has 0 saturated carbocycles. The van der Waals surface area contributed by atoms with Crippen molar-refractivity contribution in [3.05, 3.63) is 71.3 Å². The van der Waals surface area contributed by atoms with Crippen molar-refractivity contribution < 1.29 is 14.4 Å². The zero-order chi connectivity index (χ0) is 23.2. The molecule has 2 saturated heterocycles. The van der Waals surface area contributed by atoms with Crippen molar-refractivity contribution in [2.45, 2.75) is 31.8 Å². The molecule has 3 amide bonds. The Bertz CT molecular complexity index is 969. The van der Waals surface area contributed by atoms with Crippen molar-refractivity contribution in [2.24, 2.45) is 0 Å². The molecule has 1 unspecified atom stereocenters. The second kappa shape index (κ2) is 10.6. The Hall–Kier alpha value is -3.19. The van der Waals surface area contributed by atoms with E-state index in [4.69, 9.17) is 0 Å². The van der Waals surface area contributed by atoms with Gasteiger partial charge in [0.15, 0.2) is 0 Å². The minimum Gasteiger partial charge on any atom is -0.350 e. The van der Waals surface area contributed by atoms with Gasteiger partial charge in [0, 0.05) is 51.3 Å². The van der Waals surface area contributed by atoms with Crippen LogP contribution in [0.3, 0.4) is 0 Å². The predicted molar refractivity (Wildman–Crippen MR) is 126 cm³/mol. The number of amides is 3. The standard InChI is InChI=1S/C26H32N4O3/c1-28-15-17-29(18-16-28)26(33)22-12-10-20(11-13-22)19-27-25(32)24(21-7-3-2-4-8-21)30-14-6-5-9-23(30)31/h2-4,7-8,10-13,24H,5-6,9,14-19H2,1H3,(H,27,32). The predicted octanol–water partition coefficient (Wildman–Crippen LogP) is 2.44. The van der Waals surface area contributed by atoms with Crippen LogP contribution in [-0.2, 0) is 16.1 Å². The van der Waals surface area contributed by atoms with Crippen LogP contribution in [0.15, 0.2) is 54.6 Å². The fourth-order valence-electron chi connectivity index (χ4n) is 4.45. The highest BCUT2D eigenvalue weighted by Gasteiger charge is 2.32. The second-order valence-corrected chi connectivity index (χ2v) is 8.87. The van der Waals surface area contributed by atoms with E-state index in [0.29, 0.717) is 25.1 Å². The summed E-state index contributed by atoms with van der Waals surface area (Å²) in [7, 11) is 2.06. The van der Waals surface area contributed by atoms with Crippen molar-refractivity contribution in [1.29, 1.82) is 0 Å². The van der Waals surface area contributed by atoms with Crippen LogP contribution in [0.25, 0.3) is 0 Å². The van der Waals surface area contributed by atoms with Crippen molar-refractivity contribution in [1.82, 2.24) is 20.0 Å². The molecule has 2 heterocycles. The Balaban J connectivity index is 1.40. The highest BCUT2D eigenvalue weighted by molar-refractivity contribution is 5.94. The molecule has 7 nitrogen and oxygen atoms in total. The van der Waals surface area contributed by atoms with Crippen LogP contribution >= 0.6 is 0 Å². The van der Waals surface area contributed by atoms with Crippen molar-refractivity contribution >= 4 is 17.7 Å². The molecule has 4 rings (SSSR count). The first-order valence-electron chi connectivity index (χ1n) is 11.7. The molecule has 2 aliphatic rings. The molecule has 2 fully saturated rings. The van der Waals surface area contributed by atoms with Gasteiger partial charge in [0.05, 0.1) is 0 Å². The van der Waals surface area contributed by atoms with Gasteiger partial charge in [-0.2, -0.15) is 0 Å². The Morgan fingerprint density at radius 2 is 1.61 bits per heavy atom. The molecule has 0 spiro atoms. The third kappa shape index (κ3) is 5.60. The van der Waals surface area contributed by atoms with E-state index in [-0.39, 0.29) is 17.7 Å². The summed E-state index contributed by atoms with van der Waals surface area (Å²) in [5.74, 6) is -0.113. The van der Waals surface area contributed by atoms with Gasteiger partial charge < -0.3 is 20.0 Å². The van der Waals surface area contributed by atoms with Crippen molar-refractivity contribution in [3.8, 4) is 0 Å². The number of nitrogens with zero attached hydrogens (tertiary/aromatic N) is 3. The number of carbonyl (C=O) groups excluding carboxylic acids is 3. The molecule has 1 atom stereocenters. The van der Waals surface area contributed by atoms with E-state index in [0.717, 1.165) is 50.1 Å². The van der Waals surface area contributed by atoms with Gasteiger partial charge in [-0.1, -0.05) is 42.5 Å². The van der Waals surface area contributed by atoms with E-state index >= 15 is 0 Å². The molecule has 2 aromatic carbocycles. The summed E-state index contributed by atoms with van der Waals surface area (Å²) in [6, 6.07) is 16.3. The molecule has 174 valence electrons. The van der Waals surface area contributed by atoms with Gasteiger partial charge in [-0.25, -0.2) is 0 Å². The molecule has 1 N–H and O–H groups in total. The molecule has 7 heteroatoms. The van der Waals surface area contributed by atoms with Gasteiger partial charge in [0.25, 0.3) is 5.91 Å². The average molecular weight is 449 g/mol. The molecular weight excluding hydrogens is 416 g/mol. The topological polar surface area (TPSA) is 73.0 Å². The molecular formula is C26H32N4O3. The van der Waals surface area contributed by atoms with E-state index in [2.05, 4.69) is 17.3 Å². The number of nitrogens with one attached hydrogen (secondary N) is 1. The van der Waals surface area contributed by atoms with Crippen molar-refractivity contribution in [2.75, 3.05) is 39.8 Å². The quantitative estimate of drug-likeness (QED) is 0.737. The fraction of sp³-hybridized carbons (Fsp3) is 0.423. The number of hydrogen-bond donors (Lipinski definition) is 1. The summed E-state index contributed by atoms with van der Waals surface area (Å²) < 4.78 is 0. The first-order valence-corrected chi connectivity index (χ1v) is 11.7. The van der Waals surface area contributed by atoms with Crippen LogP contribution in [0.2, 0.25) is 0 Å². The van der Waals surface area contributed by atoms with Gasteiger partial charge in [-0.05, 0) is 43.1 Å². The van der Waals surface area contributed by atoms with Crippen molar-refractivity contribution in [3.63, 3.8) is 0 Å². The van der Waals surface area contributed by atoms with Crippen LogP contribution in [0.4, 0.5) is 0 Å². The zero-order valence-corrected chi connectivity index (χ0v) is 19.2. The Kier molecular flexibility index (Phi) is 7.40. The number of likely N-dealkylation sites (tertiary alicyclic amines) is 1. The highest BCUT2D eigenvalue weighted by Crippen LogP contribution is 2.26. The van der Waals surface area contributed by atoms with Gasteiger partial charge in [0.2, 0.25) is 11.8 Å². The van der Waals surface area contributed by atoms with E-state index in [1.807, 2.05) is 59.5 Å². The van der Waals surface area contributed by atoms with Gasteiger partial charge >= 0.3 is 0 Å². The number of carbonyl (C=O) groups is 3. The Morgan fingerprint density at radius 1 is 0.909 bits per heavy atom. The zero-order valence-electron chi connectivity index (χ0n) is 19.2. The maximum absolute atomic E-state index is 13.2. The molecule has 2 aromatic rings. The fourth-order valence-corrected chi connectivity index (χ4v) is 4.45. The minimum absolute atomic E-state index is 0.0250. The van der Waals surface area contributed by atoms with E-state index < -0.39 is 6.04 Å². The molecule has 0 aromatic heterocycles. The average Bonchev–Trinajstić information content (AvgIpc) is 2.85. The van der Waals surface area contributed by atoms with Crippen LogP contribution in [0.5, 0.6) is 0 Å². The summed E-state index contributed by atoms with van der Waals surface area (Å²) in [6.07, 6.45) is 2.27. The SMILES string of the molecule is CN1CCN(C(=O)c2ccc(CNC(=O)C(c3ccccc3)N3CCCCC3=O)cc2)CC1. The molecule has 2 aliphatic heterocycles. The highest BCUT2D eigenvalue weighted by atomic mass is 16.2. The lowest BCUT2D eigenvalue weighted by Crippen LogP contribution is -2.47. The molecule has 0 radical (unpaired) electrons. The monoisotopic (exact) mass is 448 g/mol. The van der Waals surface area contributed by atoms with E-state index in [1.54, 1.807) is 4.90 Å². The lowest BCUT2D eigenvalue weighted by atomic mass is 10.0. The lowest BCUT2D eigenvalue weighted by Gasteiger charge is -2.34. The van der Waals surface area contributed by atoms with Gasteiger partial charge in [-0.15, -0.1) is 0 Å². The Labute approximate surface area is 195 Å². The Morgan fingerprint density at radius 3 is 2.27 bits per heavy atom. The summed E-state index contributed by atoms with van der Waals surface area (Å²) in [5.41, 5.74) is 2.39. The first kappa shape index (κ1) is 23.0. The van der Waals surface area contributed by atoms with Crippen LogP contribution in [0.1, 0.15) is 46.8 Å². The normalized spacial score (nSPS) is 18.2. The first-order chi connectivity index (χ1) is 16.0. The van der Waals surface area contributed by atoms with Crippen LogP contribution < -0.4 is 5.32 Å². The maximum Gasteiger partial charge on any atom is 0.253 e. The smallest absolute Gasteiger partial charge is 0.253 e. The summed E-state index contributed by atoms with van der Waals surface area (Å²) in [4.78, 5) is 44.3. The molecule has 33 heavy (non-hydrogen) atoms. The summed E-state index contributed by atoms with van der Waals surface area (Å²) in [6.45, 7) is 4.18. The number of rotatable bonds is 6. The number of benzene rings is 2. The third-order valence-electron chi connectivity index (χ3n) is 6.49. The number of piperidine rings is 1. The number of hydrogen-bond acceptors (Lipinski definition) is 4. The van der Waals surface area contributed by atoms with Crippen LogP contribution in [-0.4, -0.2) is 72.2 Å². The second-order valence-electron chi connectivity index (χ2n) is 8.87. The summed E-state index contributed by atoms with van der Waals surface area (Å²) in [5, 5.41) is 3.00. The van der Waals surface area contributed by atoms with Gasteiger partial charge in [0.1, 0.15) is 6.04 Å². The number of piperazine rings is 1.